The van der Waals surface area contributed by atoms with Gasteiger partial charge in [0.15, 0.2) is 0 Å². The molecule has 0 saturated heterocycles. The second-order valence-electron chi connectivity index (χ2n) is 2.59. The van der Waals surface area contributed by atoms with E-state index in [-0.39, 0.29) is 0 Å². The maximum absolute atomic E-state index is 10.1. The van der Waals surface area contributed by atoms with E-state index in [0.29, 0.717) is 12.1 Å². The normalized spacial score (nSPS) is 9.07. The molecule has 0 aliphatic carbocycles. The van der Waals surface area contributed by atoms with Crippen molar-refractivity contribution < 1.29 is 9.90 Å². The highest BCUT2D eigenvalue weighted by Crippen LogP contribution is 2.02. The van der Waals surface area contributed by atoms with E-state index < -0.39 is 6.09 Å². The van der Waals surface area contributed by atoms with Crippen LogP contribution >= 0.6 is 0 Å². The number of amides is 1. The Balaban J connectivity index is 2.45. The molecule has 5 nitrogen and oxygen atoms in total. The molecule has 0 radical (unpaired) electrons. The first-order chi connectivity index (χ1) is 6.72. The summed E-state index contributed by atoms with van der Waals surface area (Å²) in [6, 6.07) is 8.87. The Morgan fingerprint density at radius 1 is 1.43 bits per heavy atom. The Morgan fingerprint density at radius 2 is 2.07 bits per heavy atom. The van der Waals surface area contributed by atoms with Crippen molar-refractivity contribution in [2.45, 2.75) is 6.54 Å². The van der Waals surface area contributed by atoms with Gasteiger partial charge in [-0.2, -0.15) is 5.26 Å². The lowest BCUT2D eigenvalue weighted by atomic mass is 10.1. The minimum atomic E-state index is -1.13. The summed E-state index contributed by atoms with van der Waals surface area (Å²) in [6.45, 7) is 0.387. The highest BCUT2D eigenvalue weighted by molar-refractivity contribution is 5.63. The van der Waals surface area contributed by atoms with E-state index in [1.807, 2.05) is 11.5 Å². The van der Waals surface area contributed by atoms with Crippen LogP contribution in [0.5, 0.6) is 0 Å². The number of nitriles is 1. The third-order valence-corrected chi connectivity index (χ3v) is 1.57. The molecule has 0 heterocycles. The number of benzene rings is 1. The standard InChI is InChI=1S/C9H9N3O2/c10-5-7-1-3-8(4-2-7)6-11-12-9(13)14/h1-4,11-12H,6H2,(H,13,14). The quantitative estimate of drug-likeness (QED) is 0.618. The Labute approximate surface area is 80.9 Å². The van der Waals surface area contributed by atoms with Crippen LogP contribution in [0.25, 0.3) is 0 Å². The molecule has 0 atom stereocenters. The first kappa shape index (κ1) is 10.0. The number of rotatable bonds is 3. The Hall–Kier alpha value is -2.06. The summed E-state index contributed by atoms with van der Waals surface area (Å²) >= 11 is 0. The number of carboxylic acid groups (broad SMARTS) is 1. The number of hydrogen-bond acceptors (Lipinski definition) is 3. The van der Waals surface area contributed by atoms with Crippen molar-refractivity contribution in [1.82, 2.24) is 10.9 Å². The molecule has 0 aliphatic rings. The molecule has 3 N–H and O–H groups in total. The molecule has 0 bridgehead atoms. The Morgan fingerprint density at radius 3 is 2.57 bits per heavy atom. The van der Waals surface area contributed by atoms with Gasteiger partial charge < -0.3 is 5.11 Å². The van der Waals surface area contributed by atoms with Gasteiger partial charge in [0.25, 0.3) is 0 Å². The maximum atomic E-state index is 10.1. The second-order valence-corrected chi connectivity index (χ2v) is 2.59. The summed E-state index contributed by atoms with van der Waals surface area (Å²) in [7, 11) is 0. The molecule has 5 heteroatoms. The lowest BCUT2D eigenvalue weighted by Crippen LogP contribution is -2.35. The van der Waals surface area contributed by atoms with Gasteiger partial charge in [-0.1, -0.05) is 12.1 Å². The number of hydrogen-bond donors (Lipinski definition) is 3. The lowest BCUT2D eigenvalue weighted by molar-refractivity contribution is 0.189. The Bertz CT molecular complexity index is 353. The molecule has 0 aliphatic heterocycles. The van der Waals surface area contributed by atoms with E-state index in [1.165, 1.54) is 0 Å². The number of nitrogens with one attached hydrogen (secondary N) is 2. The molecule has 14 heavy (non-hydrogen) atoms. The molecule has 0 aromatic heterocycles. The first-order valence-electron chi connectivity index (χ1n) is 3.93. The Kier molecular flexibility index (Phi) is 3.47. The topological polar surface area (TPSA) is 85.2 Å². The predicted octanol–water partition coefficient (Wildman–Crippen LogP) is 0.830. The summed E-state index contributed by atoms with van der Waals surface area (Å²) < 4.78 is 0. The summed E-state index contributed by atoms with van der Waals surface area (Å²) in [4.78, 5) is 10.1. The van der Waals surface area contributed by atoms with Crippen molar-refractivity contribution in [2.24, 2.45) is 0 Å². The molecular formula is C9H9N3O2. The molecule has 1 aromatic carbocycles. The average molecular weight is 191 g/mol. The molecule has 1 amide bonds. The molecule has 1 rings (SSSR count). The first-order valence-corrected chi connectivity index (χ1v) is 3.93. The van der Waals surface area contributed by atoms with Gasteiger partial charge in [0, 0.05) is 6.54 Å². The van der Waals surface area contributed by atoms with E-state index in [1.54, 1.807) is 24.3 Å². The van der Waals surface area contributed by atoms with Crippen molar-refractivity contribution in [3.05, 3.63) is 35.4 Å². The van der Waals surface area contributed by atoms with E-state index in [2.05, 4.69) is 5.43 Å². The molecule has 72 valence electrons. The summed E-state index contributed by atoms with van der Waals surface area (Å²) in [5, 5.41) is 16.8. The summed E-state index contributed by atoms with van der Waals surface area (Å²) in [5.74, 6) is 0. The molecule has 0 unspecified atom stereocenters. The number of hydrazine groups is 1. The molecule has 0 fully saturated rings. The van der Waals surface area contributed by atoms with E-state index >= 15 is 0 Å². The van der Waals surface area contributed by atoms with Gasteiger partial charge in [-0.05, 0) is 17.7 Å². The largest absolute Gasteiger partial charge is 0.464 e. The summed E-state index contributed by atoms with van der Waals surface area (Å²) in [6.07, 6.45) is -1.13. The van der Waals surface area contributed by atoms with Crippen LogP contribution in [0.15, 0.2) is 24.3 Å². The van der Waals surface area contributed by atoms with E-state index in [4.69, 9.17) is 10.4 Å². The van der Waals surface area contributed by atoms with Crippen LogP contribution in [0.4, 0.5) is 4.79 Å². The van der Waals surface area contributed by atoms with Crippen LogP contribution in [0.3, 0.4) is 0 Å². The minimum absolute atomic E-state index is 0.387. The SMILES string of the molecule is N#Cc1ccc(CNNC(=O)O)cc1. The fraction of sp³-hybridized carbons (Fsp3) is 0.111. The van der Waals surface area contributed by atoms with E-state index in [0.717, 1.165) is 5.56 Å². The predicted molar refractivity (Wildman–Crippen MR) is 49.2 cm³/mol. The average Bonchev–Trinajstić information content (AvgIpc) is 2.18. The molecule has 0 spiro atoms. The van der Waals surface area contributed by atoms with Crippen LogP contribution in [-0.2, 0) is 6.54 Å². The van der Waals surface area contributed by atoms with Crippen LogP contribution < -0.4 is 10.9 Å². The highest BCUT2D eigenvalue weighted by atomic mass is 16.4. The molecular weight excluding hydrogens is 182 g/mol. The smallest absolute Gasteiger partial charge is 0.419 e. The van der Waals surface area contributed by atoms with Crippen molar-refractivity contribution >= 4 is 6.09 Å². The van der Waals surface area contributed by atoms with Gasteiger partial charge in [0.05, 0.1) is 11.6 Å². The second kappa shape index (κ2) is 4.84. The van der Waals surface area contributed by atoms with Gasteiger partial charge in [0.2, 0.25) is 0 Å². The minimum Gasteiger partial charge on any atom is -0.464 e. The fourth-order valence-electron chi connectivity index (χ4n) is 0.919. The van der Waals surface area contributed by atoms with Crippen molar-refractivity contribution in [3.8, 4) is 6.07 Å². The van der Waals surface area contributed by atoms with Crippen molar-refractivity contribution in [2.75, 3.05) is 0 Å². The summed E-state index contributed by atoms with van der Waals surface area (Å²) in [5.41, 5.74) is 6.01. The van der Waals surface area contributed by atoms with Gasteiger partial charge in [-0.15, -0.1) is 0 Å². The zero-order chi connectivity index (χ0) is 10.4. The van der Waals surface area contributed by atoms with Gasteiger partial charge in [0.1, 0.15) is 0 Å². The van der Waals surface area contributed by atoms with Crippen molar-refractivity contribution in [1.29, 1.82) is 5.26 Å². The number of nitrogens with zero attached hydrogens (tertiary/aromatic N) is 1. The van der Waals surface area contributed by atoms with Gasteiger partial charge >= 0.3 is 6.09 Å². The highest BCUT2D eigenvalue weighted by Gasteiger charge is 1.95. The zero-order valence-corrected chi connectivity index (χ0v) is 7.32. The zero-order valence-electron chi connectivity index (χ0n) is 7.32. The third kappa shape index (κ3) is 3.13. The third-order valence-electron chi connectivity index (χ3n) is 1.57. The van der Waals surface area contributed by atoms with Gasteiger partial charge in [-0.3, -0.25) is 5.43 Å². The lowest BCUT2D eigenvalue weighted by Gasteiger charge is -2.03. The van der Waals surface area contributed by atoms with Crippen LogP contribution in [-0.4, -0.2) is 11.2 Å². The van der Waals surface area contributed by atoms with E-state index in [9.17, 15) is 4.79 Å². The van der Waals surface area contributed by atoms with Crippen LogP contribution in [0.1, 0.15) is 11.1 Å². The fourth-order valence-corrected chi connectivity index (χ4v) is 0.919. The van der Waals surface area contributed by atoms with Gasteiger partial charge in [-0.25, -0.2) is 10.2 Å². The molecule has 0 saturated carbocycles. The van der Waals surface area contributed by atoms with Crippen molar-refractivity contribution in [3.63, 3.8) is 0 Å². The maximum Gasteiger partial charge on any atom is 0.419 e. The van der Waals surface area contributed by atoms with Crippen LogP contribution in [0.2, 0.25) is 0 Å². The monoisotopic (exact) mass is 191 g/mol. The number of carbonyl (C=O) groups is 1. The molecule has 1 aromatic rings. The van der Waals surface area contributed by atoms with Crippen LogP contribution in [0, 0.1) is 11.3 Å².